The Bertz CT molecular complexity index is 735. The third kappa shape index (κ3) is 8.20. The van der Waals surface area contributed by atoms with Crippen LogP contribution in [0.4, 0.5) is 13.6 Å². The van der Waals surface area contributed by atoms with Gasteiger partial charge in [0.05, 0.1) is 0 Å². The molecular formula is C23H31F2N3O. The van der Waals surface area contributed by atoms with E-state index in [2.05, 4.69) is 29.4 Å². The highest BCUT2D eigenvalue weighted by molar-refractivity contribution is 5.73. The summed E-state index contributed by atoms with van der Waals surface area (Å²) in [7, 11) is 0. The van der Waals surface area contributed by atoms with Crippen LogP contribution in [0.25, 0.3) is 0 Å². The molecule has 0 bridgehead atoms. The van der Waals surface area contributed by atoms with E-state index in [4.69, 9.17) is 0 Å². The lowest BCUT2D eigenvalue weighted by molar-refractivity contribution is 0.203. The van der Waals surface area contributed by atoms with Crippen molar-refractivity contribution in [2.75, 3.05) is 19.6 Å². The number of rotatable bonds is 11. The zero-order valence-corrected chi connectivity index (χ0v) is 17.3. The molecule has 2 N–H and O–H groups in total. The van der Waals surface area contributed by atoms with Crippen LogP contribution in [-0.2, 0) is 6.54 Å². The van der Waals surface area contributed by atoms with Gasteiger partial charge in [-0.25, -0.2) is 13.6 Å². The molecule has 0 aliphatic rings. The number of urea groups is 1. The highest BCUT2D eigenvalue weighted by atomic mass is 19.1. The van der Waals surface area contributed by atoms with E-state index >= 15 is 0 Å². The Labute approximate surface area is 172 Å². The molecule has 0 heterocycles. The summed E-state index contributed by atoms with van der Waals surface area (Å²) in [5.74, 6) is -0.516. The number of hydrogen-bond donors (Lipinski definition) is 2. The van der Waals surface area contributed by atoms with Crippen molar-refractivity contribution in [2.45, 2.75) is 45.7 Å². The average molecular weight is 404 g/mol. The standard InChI is InChI=1S/C23H31F2N3O/c1-3-4-15-28(18(2)20-8-12-22(25)13-9-20)16-5-14-26-23(29)27-17-19-6-10-21(24)11-7-19/h6-13,18H,3-5,14-17H2,1-2H3,(H2,26,27,29). The largest absolute Gasteiger partial charge is 0.338 e. The normalized spacial score (nSPS) is 12.0. The van der Waals surface area contributed by atoms with E-state index in [1.54, 1.807) is 12.1 Å². The Balaban J connectivity index is 1.74. The molecule has 1 atom stereocenters. The van der Waals surface area contributed by atoms with Gasteiger partial charge in [-0.15, -0.1) is 0 Å². The van der Waals surface area contributed by atoms with Gasteiger partial charge in [-0.3, -0.25) is 4.90 Å². The van der Waals surface area contributed by atoms with Gasteiger partial charge in [0.2, 0.25) is 0 Å². The summed E-state index contributed by atoms with van der Waals surface area (Å²) in [6.45, 7) is 7.02. The van der Waals surface area contributed by atoms with Crippen LogP contribution in [0.3, 0.4) is 0 Å². The number of benzene rings is 2. The SMILES string of the molecule is CCCCN(CCCNC(=O)NCc1ccc(F)cc1)C(C)c1ccc(F)cc1. The Hall–Kier alpha value is -2.47. The molecule has 0 aliphatic carbocycles. The Morgan fingerprint density at radius 3 is 2.14 bits per heavy atom. The first kappa shape index (κ1) is 22.8. The van der Waals surface area contributed by atoms with Crippen LogP contribution >= 0.6 is 0 Å². The van der Waals surface area contributed by atoms with Crippen molar-refractivity contribution in [1.29, 1.82) is 0 Å². The molecule has 4 nitrogen and oxygen atoms in total. The van der Waals surface area contributed by atoms with Crippen LogP contribution in [0.5, 0.6) is 0 Å². The van der Waals surface area contributed by atoms with Gasteiger partial charge in [0.15, 0.2) is 0 Å². The molecule has 2 rings (SSSR count). The van der Waals surface area contributed by atoms with Crippen LogP contribution < -0.4 is 10.6 Å². The van der Waals surface area contributed by atoms with Crippen molar-refractivity contribution < 1.29 is 13.6 Å². The van der Waals surface area contributed by atoms with E-state index in [0.717, 1.165) is 43.5 Å². The summed E-state index contributed by atoms with van der Waals surface area (Å²) in [4.78, 5) is 14.3. The van der Waals surface area contributed by atoms with Crippen LogP contribution in [0.1, 0.15) is 50.3 Å². The first-order chi connectivity index (χ1) is 14.0. The molecule has 6 heteroatoms. The summed E-state index contributed by atoms with van der Waals surface area (Å²) < 4.78 is 26.1. The van der Waals surface area contributed by atoms with Crippen LogP contribution in [0, 0.1) is 11.6 Å². The molecule has 0 saturated carbocycles. The number of carbonyl (C=O) groups is 1. The second-order valence-electron chi connectivity index (χ2n) is 7.21. The van der Waals surface area contributed by atoms with E-state index in [1.807, 2.05) is 12.1 Å². The maximum absolute atomic E-state index is 13.2. The van der Waals surface area contributed by atoms with Gasteiger partial charge in [0, 0.05) is 25.7 Å². The number of nitrogens with one attached hydrogen (secondary N) is 2. The number of amides is 2. The fourth-order valence-electron chi connectivity index (χ4n) is 3.14. The zero-order valence-electron chi connectivity index (χ0n) is 17.3. The monoisotopic (exact) mass is 403 g/mol. The summed E-state index contributed by atoms with van der Waals surface area (Å²) in [5.41, 5.74) is 1.94. The third-order valence-electron chi connectivity index (χ3n) is 4.97. The lowest BCUT2D eigenvalue weighted by Gasteiger charge is -2.29. The number of nitrogens with zero attached hydrogens (tertiary/aromatic N) is 1. The Morgan fingerprint density at radius 2 is 1.52 bits per heavy atom. The number of unbranched alkanes of at least 4 members (excludes halogenated alkanes) is 1. The van der Waals surface area contributed by atoms with Gasteiger partial charge in [-0.2, -0.15) is 0 Å². The molecular weight excluding hydrogens is 372 g/mol. The lowest BCUT2D eigenvalue weighted by Crippen LogP contribution is -2.37. The number of carbonyl (C=O) groups excluding carboxylic acids is 1. The van der Waals surface area contributed by atoms with Crippen LogP contribution in [-0.4, -0.2) is 30.6 Å². The third-order valence-corrected chi connectivity index (χ3v) is 4.97. The fourth-order valence-corrected chi connectivity index (χ4v) is 3.14. The predicted octanol–water partition coefficient (Wildman–Crippen LogP) is 5.02. The fraction of sp³-hybridized carbons (Fsp3) is 0.435. The molecule has 0 spiro atoms. The van der Waals surface area contributed by atoms with E-state index in [1.165, 1.54) is 24.3 Å². The van der Waals surface area contributed by atoms with Gasteiger partial charge < -0.3 is 10.6 Å². The van der Waals surface area contributed by atoms with Gasteiger partial charge >= 0.3 is 6.03 Å². The Kier molecular flexibility index (Phi) is 9.57. The number of hydrogen-bond acceptors (Lipinski definition) is 2. The average Bonchev–Trinajstić information content (AvgIpc) is 2.73. The zero-order chi connectivity index (χ0) is 21.1. The molecule has 2 aromatic carbocycles. The molecule has 1 unspecified atom stereocenters. The van der Waals surface area contributed by atoms with Gasteiger partial charge in [0.1, 0.15) is 11.6 Å². The van der Waals surface area contributed by atoms with Gasteiger partial charge in [-0.1, -0.05) is 37.6 Å². The molecule has 2 amide bonds. The first-order valence-corrected chi connectivity index (χ1v) is 10.2. The minimum Gasteiger partial charge on any atom is -0.338 e. The van der Waals surface area contributed by atoms with Crippen molar-refractivity contribution in [3.05, 3.63) is 71.3 Å². The van der Waals surface area contributed by atoms with Crippen molar-refractivity contribution in [3.63, 3.8) is 0 Å². The Morgan fingerprint density at radius 1 is 0.931 bits per heavy atom. The molecule has 0 aromatic heterocycles. The second-order valence-corrected chi connectivity index (χ2v) is 7.21. The van der Waals surface area contributed by atoms with E-state index < -0.39 is 0 Å². The maximum Gasteiger partial charge on any atom is 0.315 e. The van der Waals surface area contributed by atoms with E-state index in [-0.39, 0.29) is 23.7 Å². The van der Waals surface area contributed by atoms with Gasteiger partial charge in [-0.05, 0) is 61.7 Å². The second kappa shape index (κ2) is 12.2. The predicted molar refractivity (Wildman–Crippen MR) is 113 cm³/mol. The topological polar surface area (TPSA) is 44.4 Å². The van der Waals surface area contributed by atoms with E-state index in [9.17, 15) is 13.6 Å². The maximum atomic E-state index is 13.2. The van der Waals surface area contributed by atoms with Crippen molar-refractivity contribution in [2.24, 2.45) is 0 Å². The smallest absolute Gasteiger partial charge is 0.315 e. The van der Waals surface area contributed by atoms with Crippen LogP contribution in [0.15, 0.2) is 48.5 Å². The first-order valence-electron chi connectivity index (χ1n) is 10.2. The summed E-state index contributed by atoms with van der Waals surface area (Å²) in [5, 5.41) is 5.63. The van der Waals surface area contributed by atoms with E-state index in [0.29, 0.717) is 13.1 Å². The molecule has 0 saturated heterocycles. The molecule has 158 valence electrons. The quantitative estimate of drug-likeness (QED) is 0.518. The highest BCUT2D eigenvalue weighted by Crippen LogP contribution is 2.21. The molecule has 0 fully saturated rings. The summed E-state index contributed by atoms with van der Waals surface area (Å²) in [6.07, 6.45) is 3.02. The summed E-state index contributed by atoms with van der Waals surface area (Å²) >= 11 is 0. The van der Waals surface area contributed by atoms with Gasteiger partial charge in [0.25, 0.3) is 0 Å². The summed E-state index contributed by atoms with van der Waals surface area (Å²) in [6, 6.07) is 12.7. The lowest BCUT2D eigenvalue weighted by atomic mass is 10.1. The van der Waals surface area contributed by atoms with Crippen LogP contribution in [0.2, 0.25) is 0 Å². The molecule has 2 aromatic rings. The van der Waals surface area contributed by atoms with Crippen molar-refractivity contribution in [1.82, 2.24) is 15.5 Å². The molecule has 29 heavy (non-hydrogen) atoms. The van der Waals surface area contributed by atoms with Crippen molar-refractivity contribution in [3.8, 4) is 0 Å². The molecule has 0 radical (unpaired) electrons. The van der Waals surface area contributed by atoms with Crippen molar-refractivity contribution >= 4 is 6.03 Å². The minimum atomic E-state index is -0.291. The highest BCUT2D eigenvalue weighted by Gasteiger charge is 2.15. The molecule has 0 aliphatic heterocycles. The number of halogens is 2. The minimum absolute atomic E-state index is 0.189.